The standard InChI is InChI=1S/C12H22ClNO2/c1-9-3-4-11(15-9)7-14-6-10(2)16-12(5-13)8-14/h9-12H,3-8H2,1-2H3. The molecular formula is C12H22ClNO2. The van der Waals surface area contributed by atoms with Crippen molar-refractivity contribution in [3.05, 3.63) is 0 Å². The molecule has 0 bridgehead atoms. The third-order valence-corrected chi connectivity index (χ3v) is 3.70. The van der Waals surface area contributed by atoms with Crippen LogP contribution in [0.25, 0.3) is 0 Å². The SMILES string of the molecule is CC1CN(CC2CCC(C)O2)CC(CCl)O1. The van der Waals surface area contributed by atoms with E-state index in [4.69, 9.17) is 21.1 Å². The van der Waals surface area contributed by atoms with Crippen molar-refractivity contribution < 1.29 is 9.47 Å². The van der Waals surface area contributed by atoms with Crippen molar-refractivity contribution in [1.82, 2.24) is 4.90 Å². The van der Waals surface area contributed by atoms with Gasteiger partial charge in [-0.1, -0.05) is 0 Å². The molecule has 0 amide bonds. The number of halogens is 1. The van der Waals surface area contributed by atoms with Crippen molar-refractivity contribution in [2.75, 3.05) is 25.5 Å². The lowest BCUT2D eigenvalue weighted by atomic mass is 10.1. The van der Waals surface area contributed by atoms with Crippen molar-refractivity contribution in [2.45, 2.75) is 51.1 Å². The van der Waals surface area contributed by atoms with Crippen LogP contribution < -0.4 is 0 Å². The van der Waals surface area contributed by atoms with Crippen molar-refractivity contribution in [1.29, 1.82) is 0 Å². The highest BCUT2D eigenvalue weighted by Gasteiger charge is 2.29. The summed E-state index contributed by atoms with van der Waals surface area (Å²) in [7, 11) is 0. The molecule has 4 unspecified atom stereocenters. The van der Waals surface area contributed by atoms with Crippen LogP contribution in [0.15, 0.2) is 0 Å². The van der Waals surface area contributed by atoms with Crippen LogP contribution in [0, 0.1) is 0 Å². The number of hydrogen-bond donors (Lipinski definition) is 0. The Bertz CT molecular complexity index is 227. The summed E-state index contributed by atoms with van der Waals surface area (Å²) in [5.74, 6) is 0.586. The van der Waals surface area contributed by atoms with Crippen LogP contribution in [0.4, 0.5) is 0 Å². The first-order chi connectivity index (χ1) is 7.67. The Morgan fingerprint density at radius 3 is 2.44 bits per heavy atom. The Balaban J connectivity index is 1.80. The first-order valence-electron chi connectivity index (χ1n) is 6.26. The Hall–Kier alpha value is 0.170. The first kappa shape index (κ1) is 12.6. The molecule has 2 rings (SSSR count). The normalized spacial score (nSPS) is 41.4. The lowest BCUT2D eigenvalue weighted by molar-refractivity contribution is -0.0792. The van der Waals surface area contributed by atoms with Gasteiger partial charge in [-0.3, -0.25) is 4.90 Å². The van der Waals surface area contributed by atoms with Crippen LogP contribution in [0.1, 0.15) is 26.7 Å². The topological polar surface area (TPSA) is 21.7 Å². The summed E-state index contributed by atoms with van der Waals surface area (Å²) in [6.45, 7) is 7.25. The zero-order chi connectivity index (χ0) is 11.5. The van der Waals surface area contributed by atoms with Gasteiger partial charge in [0.05, 0.1) is 24.4 Å². The molecule has 2 heterocycles. The van der Waals surface area contributed by atoms with Gasteiger partial charge in [0.1, 0.15) is 0 Å². The molecule has 2 aliphatic heterocycles. The van der Waals surface area contributed by atoms with E-state index in [1.807, 2.05) is 0 Å². The predicted molar refractivity (Wildman–Crippen MR) is 65.1 cm³/mol. The van der Waals surface area contributed by atoms with E-state index in [0.717, 1.165) is 19.6 Å². The molecule has 0 aromatic heterocycles. The summed E-state index contributed by atoms with van der Waals surface area (Å²) in [4.78, 5) is 2.43. The van der Waals surface area contributed by atoms with Gasteiger partial charge >= 0.3 is 0 Å². The molecule has 0 saturated carbocycles. The van der Waals surface area contributed by atoms with Gasteiger partial charge < -0.3 is 9.47 Å². The van der Waals surface area contributed by atoms with Crippen molar-refractivity contribution in [3.8, 4) is 0 Å². The summed E-state index contributed by atoms with van der Waals surface area (Å²) in [5.41, 5.74) is 0. The number of alkyl halides is 1. The summed E-state index contributed by atoms with van der Waals surface area (Å²) in [6, 6.07) is 0. The lowest BCUT2D eigenvalue weighted by Crippen LogP contribution is -2.49. The van der Waals surface area contributed by atoms with E-state index in [0.29, 0.717) is 18.1 Å². The summed E-state index contributed by atoms with van der Waals surface area (Å²) < 4.78 is 11.6. The molecule has 0 spiro atoms. The highest BCUT2D eigenvalue weighted by molar-refractivity contribution is 6.18. The second kappa shape index (κ2) is 5.67. The maximum Gasteiger partial charge on any atom is 0.0841 e. The highest BCUT2D eigenvalue weighted by Crippen LogP contribution is 2.21. The number of ether oxygens (including phenoxy) is 2. The highest BCUT2D eigenvalue weighted by atomic mass is 35.5. The van der Waals surface area contributed by atoms with Crippen molar-refractivity contribution >= 4 is 11.6 Å². The Labute approximate surface area is 103 Å². The largest absolute Gasteiger partial charge is 0.374 e. The number of morpholine rings is 1. The molecule has 0 aromatic carbocycles. The van der Waals surface area contributed by atoms with Crippen LogP contribution in [0.3, 0.4) is 0 Å². The molecule has 4 heteroatoms. The van der Waals surface area contributed by atoms with Gasteiger partial charge in [0.15, 0.2) is 0 Å². The minimum absolute atomic E-state index is 0.184. The quantitative estimate of drug-likeness (QED) is 0.711. The van der Waals surface area contributed by atoms with E-state index in [-0.39, 0.29) is 12.2 Å². The Kier molecular flexibility index (Phi) is 4.48. The van der Waals surface area contributed by atoms with Gasteiger partial charge in [-0.25, -0.2) is 0 Å². The molecule has 3 nitrogen and oxygen atoms in total. The zero-order valence-electron chi connectivity index (χ0n) is 10.2. The third-order valence-electron chi connectivity index (χ3n) is 3.36. The second-order valence-corrected chi connectivity index (χ2v) is 5.40. The molecule has 2 aliphatic rings. The van der Waals surface area contributed by atoms with Crippen LogP contribution >= 0.6 is 11.6 Å². The van der Waals surface area contributed by atoms with Gasteiger partial charge in [0.25, 0.3) is 0 Å². The summed E-state index contributed by atoms with van der Waals surface area (Å²) in [5, 5.41) is 0. The smallest absolute Gasteiger partial charge is 0.0841 e. The van der Waals surface area contributed by atoms with Gasteiger partial charge in [0, 0.05) is 25.5 Å². The van der Waals surface area contributed by atoms with Gasteiger partial charge in [0.2, 0.25) is 0 Å². The molecule has 4 atom stereocenters. The van der Waals surface area contributed by atoms with E-state index >= 15 is 0 Å². The minimum Gasteiger partial charge on any atom is -0.374 e. The Morgan fingerprint density at radius 2 is 1.81 bits per heavy atom. The maximum atomic E-state index is 5.87. The fraction of sp³-hybridized carbons (Fsp3) is 1.00. The molecule has 0 radical (unpaired) electrons. The summed E-state index contributed by atoms with van der Waals surface area (Å²) in [6.07, 6.45) is 3.71. The molecule has 0 aromatic rings. The van der Waals surface area contributed by atoms with Gasteiger partial charge in [-0.05, 0) is 26.7 Å². The third kappa shape index (κ3) is 3.33. The number of hydrogen-bond acceptors (Lipinski definition) is 3. The van der Waals surface area contributed by atoms with E-state index in [1.165, 1.54) is 12.8 Å². The second-order valence-electron chi connectivity index (χ2n) is 5.09. The lowest BCUT2D eigenvalue weighted by Gasteiger charge is -2.37. The Morgan fingerprint density at radius 1 is 1.06 bits per heavy atom. The molecular weight excluding hydrogens is 226 g/mol. The van der Waals surface area contributed by atoms with E-state index in [1.54, 1.807) is 0 Å². The molecule has 94 valence electrons. The average molecular weight is 248 g/mol. The van der Waals surface area contributed by atoms with Gasteiger partial charge in [-0.15, -0.1) is 11.6 Å². The minimum atomic E-state index is 0.184. The molecule has 2 saturated heterocycles. The van der Waals surface area contributed by atoms with Crippen LogP contribution in [0.2, 0.25) is 0 Å². The van der Waals surface area contributed by atoms with Crippen molar-refractivity contribution in [3.63, 3.8) is 0 Å². The molecule has 0 N–H and O–H groups in total. The maximum absolute atomic E-state index is 5.87. The molecule has 2 fully saturated rings. The van der Waals surface area contributed by atoms with Gasteiger partial charge in [-0.2, -0.15) is 0 Å². The molecule has 0 aliphatic carbocycles. The van der Waals surface area contributed by atoms with Crippen LogP contribution in [-0.2, 0) is 9.47 Å². The average Bonchev–Trinajstić information content (AvgIpc) is 2.63. The predicted octanol–water partition coefficient (Wildman–Crippen LogP) is 1.88. The summed E-state index contributed by atoms with van der Waals surface area (Å²) >= 11 is 5.87. The van der Waals surface area contributed by atoms with E-state index in [9.17, 15) is 0 Å². The van der Waals surface area contributed by atoms with E-state index < -0.39 is 0 Å². The fourth-order valence-electron chi connectivity index (χ4n) is 2.68. The monoisotopic (exact) mass is 247 g/mol. The van der Waals surface area contributed by atoms with Crippen LogP contribution in [-0.4, -0.2) is 54.8 Å². The first-order valence-corrected chi connectivity index (χ1v) is 6.80. The van der Waals surface area contributed by atoms with Crippen LogP contribution in [0.5, 0.6) is 0 Å². The van der Waals surface area contributed by atoms with E-state index in [2.05, 4.69) is 18.7 Å². The fourth-order valence-corrected chi connectivity index (χ4v) is 2.85. The zero-order valence-corrected chi connectivity index (χ0v) is 10.9. The molecule has 16 heavy (non-hydrogen) atoms. The van der Waals surface area contributed by atoms with Crippen molar-refractivity contribution in [2.24, 2.45) is 0 Å². The number of rotatable bonds is 3. The number of nitrogens with zero attached hydrogens (tertiary/aromatic N) is 1.